The van der Waals surface area contributed by atoms with Crippen molar-refractivity contribution in [1.29, 1.82) is 0 Å². The molecule has 4 rings (SSSR count). The van der Waals surface area contributed by atoms with E-state index in [4.69, 9.17) is 21.3 Å². The molecule has 5 nitrogen and oxygen atoms in total. The van der Waals surface area contributed by atoms with Crippen LogP contribution in [0, 0.1) is 6.92 Å². The summed E-state index contributed by atoms with van der Waals surface area (Å²) in [7, 11) is 0. The fourth-order valence-corrected chi connectivity index (χ4v) is 3.52. The molecule has 0 amide bonds. The van der Waals surface area contributed by atoms with E-state index in [-0.39, 0.29) is 12.2 Å². The molecule has 1 fully saturated rings. The first kappa shape index (κ1) is 14.7. The maximum Gasteiger partial charge on any atom is 0.176 e. The number of aryl methyl sites for hydroxylation is 1. The van der Waals surface area contributed by atoms with E-state index in [1.165, 1.54) is 0 Å². The minimum absolute atomic E-state index is 0.178. The third kappa shape index (κ3) is 2.35. The van der Waals surface area contributed by atoms with Gasteiger partial charge in [-0.05, 0) is 32.9 Å². The van der Waals surface area contributed by atoms with Crippen LogP contribution < -0.4 is 4.90 Å². The Morgan fingerprint density at radius 1 is 1.17 bits per heavy atom. The lowest BCUT2D eigenvalue weighted by atomic mass is 10.2. The minimum atomic E-state index is 0.178. The molecule has 0 radical (unpaired) electrons. The lowest BCUT2D eigenvalue weighted by molar-refractivity contribution is -0.00535. The number of benzene rings is 1. The van der Waals surface area contributed by atoms with Crippen LogP contribution in [-0.2, 0) is 4.74 Å². The van der Waals surface area contributed by atoms with E-state index in [1.54, 1.807) is 0 Å². The Hall–Kier alpha value is -1.85. The summed E-state index contributed by atoms with van der Waals surface area (Å²) < 4.78 is 7.69. The molecule has 23 heavy (non-hydrogen) atoms. The van der Waals surface area contributed by atoms with Crippen molar-refractivity contribution in [3.05, 3.63) is 35.0 Å². The number of ether oxygens (including phenoxy) is 1. The average Bonchev–Trinajstić information content (AvgIpc) is 2.81. The molecule has 1 saturated heterocycles. The van der Waals surface area contributed by atoms with E-state index in [0.717, 1.165) is 35.5 Å². The van der Waals surface area contributed by atoms with Gasteiger partial charge in [-0.3, -0.25) is 0 Å². The SMILES string of the molecule is Cc1nn2c(nc(N3C[C@H](C)O[C@@H](C)C3)c3ccccc32)c1Cl. The normalized spacial score (nSPS) is 22.2. The van der Waals surface area contributed by atoms with Gasteiger partial charge in [0.05, 0.1) is 23.4 Å². The van der Waals surface area contributed by atoms with Crippen LogP contribution in [0.15, 0.2) is 24.3 Å². The number of halogens is 1. The summed E-state index contributed by atoms with van der Waals surface area (Å²) in [6, 6.07) is 8.20. The summed E-state index contributed by atoms with van der Waals surface area (Å²) in [4.78, 5) is 7.15. The van der Waals surface area contributed by atoms with Gasteiger partial charge < -0.3 is 9.64 Å². The van der Waals surface area contributed by atoms with Gasteiger partial charge in [0.1, 0.15) is 10.8 Å². The smallest absolute Gasteiger partial charge is 0.176 e. The summed E-state index contributed by atoms with van der Waals surface area (Å²) in [5.74, 6) is 0.955. The van der Waals surface area contributed by atoms with E-state index in [9.17, 15) is 0 Å². The van der Waals surface area contributed by atoms with Crippen molar-refractivity contribution in [3.8, 4) is 0 Å². The van der Waals surface area contributed by atoms with Gasteiger partial charge in [-0.15, -0.1) is 0 Å². The van der Waals surface area contributed by atoms with Crippen molar-refractivity contribution in [2.24, 2.45) is 0 Å². The van der Waals surface area contributed by atoms with Gasteiger partial charge in [0, 0.05) is 18.5 Å². The Bertz CT molecular complexity index is 881. The van der Waals surface area contributed by atoms with Crippen LogP contribution >= 0.6 is 11.6 Å². The van der Waals surface area contributed by atoms with Gasteiger partial charge in [-0.25, -0.2) is 9.50 Å². The maximum atomic E-state index is 6.42. The van der Waals surface area contributed by atoms with E-state index in [0.29, 0.717) is 10.7 Å². The number of para-hydroxylation sites is 1. The van der Waals surface area contributed by atoms with E-state index in [2.05, 4.69) is 36.0 Å². The third-order valence-electron chi connectivity index (χ3n) is 4.27. The highest BCUT2D eigenvalue weighted by atomic mass is 35.5. The fraction of sp³-hybridized carbons (Fsp3) is 0.412. The average molecular weight is 331 g/mol. The lowest BCUT2D eigenvalue weighted by Crippen LogP contribution is -2.46. The van der Waals surface area contributed by atoms with Crippen LogP contribution in [0.2, 0.25) is 5.02 Å². The second kappa shape index (κ2) is 5.35. The largest absolute Gasteiger partial charge is 0.372 e. The van der Waals surface area contributed by atoms with Crippen molar-refractivity contribution in [1.82, 2.24) is 14.6 Å². The fourth-order valence-electron chi connectivity index (χ4n) is 3.36. The van der Waals surface area contributed by atoms with Gasteiger partial charge >= 0.3 is 0 Å². The van der Waals surface area contributed by atoms with Crippen LogP contribution in [0.1, 0.15) is 19.5 Å². The van der Waals surface area contributed by atoms with E-state index >= 15 is 0 Å². The Morgan fingerprint density at radius 2 is 1.87 bits per heavy atom. The summed E-state index contributed by atoms with van der Waals surface area (Å²) >= 11 is 6.42. The number of aromatic nitrogens is 3. The van der Waals surface area contributed by atoms with Crippen LogP contribution in [0.3, 0.4) is 0 Å². The summed E-state index contributed by atoms with van der Waals surface area (Å²) in [6.45, 7) is 7.74. The molecule has 0 bridgehead atoms. The van der Waals surface area contributed by atoms with Crippen molar-refractivity contribution < 1.29 is 4.74 Å². The number of hydrogen-bond donors (Lipinski definition) is 0. The molecule has 2 atom stereocenters. The molecule has 0 N–H and O–H groups in total. The summed E-state index contributed by atoms with van der Waals surface area (Å²) in [5.41, 5.74) is 2.53. The Labute approximate surface area is 139 Å². The molecule has 1 aliphatic rings. The highest BCUT2D eigenvalue weighted by Gasteiger charge is 2.26. The molecule has 3 aromatic rings. The first-order chi connectivity index (χ1) is 11.0. The Balaban J connectivity index is 1.99. The van der Waals surface area contributed by atoms with Crippen molar-refractivity contribution in [2.45, 2.75) is 33.0 Å². The molecule has 6 heteroatoms. The van der Waals surface area contributed by atoms with Gasteiger partial charge in [-0.1, -0.05) is 23.7 Å². The summed E-state index contributed by atoms with van der Waals surface area (Å²) in [5, 5.41) is 6.24. The molecular formula is C17H19ClN4O. The molecule has 2 aromatic heterocycles. The molecule has 0 aliphatic carbocycles. The van der Waals surface area contributed by atoms with Gasteiger partial charge in [-0.2, -0.15) is 5.10 Å². The van der Waals surface area contributed by atoms with Gasteiger partial charge in [0.15, 0.2) is 5.65 Å². The maximum absolute atomic E-state index is 6.42. The molecule has 1 aliphatic heterocycles. The molecule has 0 saturated carbocycles. The lowest BCUT2D eigenvalue weighted by Gasteiger charge is -2.36. The molecule has 0 unspecified atom stereocenters. The monoisotopic (exact) mass is 330 g/mol. The molecular weight excluding hydrogens is 312 g/mol. The standard InChI is InChI=1S/C17H19ClN4O/c1-10-8-21(9-11(2)23-10)16-13-6-4-5-7-14(13)22-17(19-16)15(18)12(3)20-22/h4-7,10-11H,8-9H2,1-3H3/t10-,11-/m0/s1. The van der Waals surface area contributed by atoms with Crippen LogP contribution in [0.5, 0.6) is 0 Å². The summed E-state index contributed by atoms with van der Waals surface area (Å²) in [6.07, 6.45) is 0.357. The van der Waals surface area contributed by atoms with Crippen LogP contribution in [0.25, 0.3) is 16.6 Å². The highest BCUT2D eigenvalue weighted by Crippen LogP contribution is 2.31. The quantitative estimate of drug-likeness (QED) is 0.685. The Kier molecular flexibility index (Phi) is 3.43. The van der Waals surface area contributed by atoms with Crippen molar-refractivity contribution in [2.75, 3.05) is 18.0 Å². The van der Waals surface area contributed by atoms with E-state index < -0.39 is 0 Å². The number of morpholine rings is 1. The predicted molar refractivity (Wildman–Crippen MR) is 92.5 cm³/mol. The number of nitrogens with zero attached hydrogens (tertiary/aromatic N) is 4. The van der Waals surface area contributed by atoms with Crippen LogP contribution in [-0.4, -0.2) is 39.9 Å². The first-order valence-corrected chi connectivity index (χ1v) is 8.26. The zero-order chi connectivity index (χ0) is 16.1. The number of fused-ring (bicyclic) bond motifs is 3. The second-order valence-corrected chi connectivity index (χ2v) is 6.63. The number of anilines is 1. The zero-order valence-corrected chi connectivity index (χ0v) is 14.2. The molecule has 1 aromatic carbocycles. The second-order valence-electron chi connectivity index (χ2n) is 6.25. The number of rotatable bonds is 1. The first-order valence-electron chi connectivity index (χ1n) is 7.88. The topological polar surface area (TPSA) is 42.7 Å². The zero-order valence-electron chi connectivity index (χ0n) is 13.5. The Morgan fingerprint density at radius 3 is 2.61 bits per heavy atom. The number of hydrogen-bond acceptors (Lipinski definition) is 4. The van der Waals surface area contributed by atoms with Gasteiger partial charge in [0.2, 0.25) is 0 Å². The predicted octanol–water partition coefficient (Wildman–Crippen LogP) is 3.46. The molecule has 0 spiro atoms. The van der Waals surface area contributed by atoms with Crippen molar-refractivity contribution >= 4 is 34.0 Å². The van der Waals surface area contributed by atoms with Crippen LogP contribution in [0.4, 0.5) is 5.82 Å². The minimum Gasteiger partial charge on any atom is -0.372 e. The van der Waals surface area contributed by atoms with Crippen molar-refractivity contribution in [3.63, 3.8) is 0 Å². The molecule has 3 heterocycles. The molecule has 120 valence electrons. The van der Waals surface area contributed by atoms with Gasteiger partial charge in [0.25, 0.3) is 0 Å². The highest BCUT2D eigenvalue weighted by molar-refractivity contribution is 6.34. The third-order valence-corrected chi connectivity index (χ3v) is 4.71. The van der Waals surface area contributed by atoms with E-state index in [1.807, 2.05) is 23.6 Å².